The van der Waals surface area contributed by atoms with Crippen LogP contribution in [0.25, 0.3) is 151 Å². The Kier molecular flexibility index (Phi) is 8.33. The SMILES string of the molecule is c1cc(-c2ccc3ccccc3c2)cc(-c2c3ccccc3c(-c3c4ccccc4c(-c4ccc5sc6c(ccc7c8ccccc8c8ccccc8c76)c5c4)c4ccccc34)c3ccccc23)c1. The Labute approximate surface area is 402 Å². The van der Waals surface area contributed by atoms with Crippen molar-refractivity contribution in [3.63, 3.8) is 0 Å². The van der Waals surface area contributed by atoms with E-state index in [1.807, 2.05) is 11.3 Å². The molecule has 0 radical (unpaired) electrons. The van der Waals surface area contributed by atoms with Crippen molar-refractivity contribution in [3.05, 3.63) is 243 Å². The molecular weight excluding hydrogens is 849 g/mol. The average Bonchev–Trinajstić information content (AvgIpc) is 3.80. The van der Waals surface area contributed by atoms with Crippen LogP contribution < -0.4 is 0 Å². The fraction of sp³-hybridized carbons (Fsp3) is 0. The summed E-state index contributed by atoms with van der Waals surface area (Å²) in [6, 6.07) is 90.8. The number of hydrogen-bond donors (Lipinski definition) is 0. The number of fused-ring (bicyclic) bond motifs is 15. The normalized spacial score (nSPS) is 12.1. The highest BCUT2D eigenvalue weighted by Crippen LogP contribution is 2.51. The van der Waals surface area contributed by atoms with Gasteiger partial charge in [-0.25, -0.2) is 0 Å². The van der Waals surface area contributed by atoms with Crippen molar-refractivity contribution in [1.82, 2.24) is 0 Å². The quantitative estimate of drug-likeness (QED) is 0.122. The molecule has 0 spiro atoms. The standard InChI is InChI=1S/C68H40S/c1-2-17-42-38-44(33-32-41(42)16-1)43-18-15-19-45(39-43)63-51-24-7-11-28-55(51)65(56-29-12-8-25-52(56)63)66-57-30-13-9-26-53(57)64(54-27-10-14-31-58(54)66)46-34-37-62-61(40-46)60-36-35-59-49-22-4-3-20-47(49)48-21-5-6-23-50(48)67(59)68(60)69-62/h1-40H. The maximum absolute atomic E-state index is 2.47. The van der Waals surface area contributed by atoms with E-state index in [0.717, 1.165) is 0 Å². The van der Waals surface area contributed by atoms with Gasteiger partial charge in [0.25, 0.3) is 0 Å². The third-order valence-corrected chi connectivity index (χ3v) is 16.2. The summed E-state index contributed by atoms with van der Waals surface area (Å²) in [7, 11) is 0. The van der Waals surface area contributed by atoms with Gasteiger partial charge in [-0.2, -0.15) is 0 Å². The fourth-order valence-electron chi connectivity index (χ4n) is 12.0. The van der Waals surface area contributed by atoms with Crippen molar-refractivity contribution >= 4 is 118 Å². The van der Waals surface area contributed by atoms with Gasteiger partial charge in [0.15, 0.2) is 0 Å². The molecule has 15 rings (SSSR count). The zero-order valence-corrected chi connectivity index (χ0v) is 38.3. The molecule has 0 aliphatic rings. The van der Waals surface area contributed by atoms with Crippen LogP contribution in [0.4, 0.5) is 0 Å². The molecule has 1 heteroatoms. The van der Waals surface area contributed by atoms with Crippen molar-refractivity contribution in [1.29, 1.82) is 0 Å². The van der Waals surface area contributed by atoms with Crippen molar-refractivity contribution < 1.29 is 0 Å². The molecule has 318 valence electrons. The molecule has 0 atom stereocenters. The molecule has 0 aliphatic carbocycles. The Morgan fingerprint density at radius 1 is 0.203 bits per heavy atom. The minimum absolute atomic E-state index is 1.21. The number of hydrogen-bond acceptors (Lipinski definition) is 1. The Morgan fingerprint density at radius 2 is 0.594 bits per heavy atom. The highest BCUT2D eigenvalue weighted by molar-refractivity contribution is 7.26. The van der Waals surface area contributed by atoms with Gasteiger partial charge in [-0.1, -0.05) is 218 Å². The van der Waals surface area contributed by atoms with E-state index in [4.69, 9.17) is 0 Å². The Balaban J connectivity index is 0.969. The summed E-state index contributed by atoms with van der Waals surface area (Å²) >= 11 is 1.93. The average molecular weight is 889 g/mol. The second-order valence-electron chi connectivity index (χ2n) is 18.6. The first-order valence-electron chi connectivity index (χ1n) is 23.9. The minimum Gasteiger partial charge on any atom is -0.135 e. The van der Waals surface area contributed by atoms with Crippen LogP contribution in [-0.2, 0) is 0 Å². The zero-order chi connectivity index (χ0) is 45.2. The van der Waals surface area contributed by atoms with Crippen LogP contribution in [0, 0.1) is 0 Å². The molecule has 14 aromatic carbocycles. The maximum Gasteiger partial charge on any atom is 0.0440 e. The van der Waals surface area contributed by atoms with E-state index in [2.05, 4.69) is 243 Å². The second kappa shape index (κ2) is 14.9. The van der Waals surface area contributed by atoms with E-state index in [-0.39, 0.29) is 0 Å². The molecule has 69 heavy (non-hydrogen) atoms. The topological polar surface area (TPSA) is 0 Å². The lowest BCUT2D eigenvalue weighted by atomic mass is 9.81. The van der Waals surface area contributed by atoms with Gasteiger partial charge in [0.05, 0.1) is 0 Å². The molecule has 0 unspecified atom stereocenters. The highest BCUT2D eigenvalue weighted by Gasteiger charge is 2.23. The van der Waals surface area contributed by atoms with Gasteiger partial charge in [-0.15, -0.1) is 11.3 Å². The van der Waals surface area contributed by atoms with Crippen LogP contribution in [0.5, 0.6) is 0 Å². The number of benzene rings is 14. The fourth-order valence-corrected chi connectivity index (χ4v) is 13.3. The summed E-state index contributed by atoms with van der Waals surface area (Å²) in [4.78, 5) is 0. The lowest BCUT2D eigenvalue weighted by Gasteiger charge is -2.22. The smallest absolute Gasteiger partial charge is 0.0440 e. The van der Waals surface area contributed by atoms with Gasteiger partial charge in [0.1, 0.15) is 0 Å². The van der Waals surface area contributed by atoms with Crippen LogP contribution >= 0.6 is 11.3 Å². The first kappa shape index (κ1) is 38.5. The van der Waals surface area contributed by atoms with E-state index in [0.29, 0.717) is 0 Å². The molecule has 1 aromatic heterocycles. The van der Waals surface area contributed by atoms with Crippen LogP contribution in [0.2, 0.25) is 0 Å². The number of rotatable bonds is 4. The van der Waals surface area contributed by atoms with E-state index >= 15 is 0 Å². The predicted octanol–water partition coefficient (Wildman–Crippen LogP) is 19.9. The third kappa shape index (κ3) is 5.69. The van der Waals surface area contributed by atoms with E-state index < -0.39 is 0 Å². The van der Waals surface area contributed by atoms with Crippen molar-refractivity contribution in [2.24, 2.45) is 0 Å². The van der Waals surface area contributed by atoms with Crippen LogP contribution in [-0.4, -0.2) is 0 Å². The lowest BCUT2D eigenvalue weighted by Crippen LogP contribution is -1.94. The summed E-state index contributed by atoms with van der Waals surface area (Å²) in [6.45, 7) is 0. The van der Waals surface area contributed by atoms with Gasteiger partial charge in [-0.05, 0) is 150 Å². The molecule has 0 N–H and O–H groups in total. The molecule has 0 nitrogen and oxygen atoms in total. The summed E-state index contributed by atoms with van der Waals surface area (Å²) in [5.74, 6) is 0. The van der Waals surface area contributed by atoms with Crippen molar-refractivity contribution in [2.45, 2.75) is 0 Å². The molecule has 0 saturated carbocycles. The zero-order valence-electron chi connectivity index (χ0n) is 37.5. The Morgan fingerprint density at radius 3 is 1.16 bits per heavy atom. The van der Waals surface area contributed by atoms with Gasteiger partial charge in [0.2, 0.25) is 0 Å². The maximum atomic E-state index is 2.47. The van der Waals surface area contributed by atoms with E-state index in [9.17, 15) is 0 Å². The van der Waals surface area contributed by atoms with Gasteiger partial charge >= 0.3 is 0 Å². The van der Waals surface area contributed by atoms with Crippen LogP contribution in [0.15, 0.2) is 243 Å². The van der Waals surface area contributed by atoms with Gasteiger partial charge in [-0.3, -0.25) is 0 Å². The molecule has 0 fully saturated rings. The largest absolute Gasteiger partial charge is 0.135 e. The summed E-state index contributed by atoms with van der Waals surface area (Å²) < 4.78 is 2.67. The minimum atomic E-state index is 1.21. The summed E-state index contributed by atoms with van der Waals surface area (Å²) in [5, 5.41) is 23.1. The monoisotopic (exact) mass is 888 g/mol. The van der Waals surface area contributed by atoms with Crippen LogP contribution in [0.3, 0.4) is 0 Å². The predicted molar refractivity (Wildman–Crippen MR) is 301 cm³/mol. The van der Waals surface area contributed by atoms with Gasteiger partial charge in [0, 0.05) is 25.6 Å². The van der Waals surface area contributed by atoms with Crippen molar-refractivity contribution in [3.8, 4) is 44.5 Å². The molecule has 0 aliphatic heterocycles. The summed E-state index contributed by atoms with van der Waals surface area (Å²) in [5.41, 5.74) is 9.99. The summed E-state index contributed by atoms with van der Waals surface area (Å²) in [6.07, 6.45) is 0. The van der Waals surface area contributed by atoms with Gasteiger partial charge < -0.3 is 0 Å². The number of thiophene rings is 1. The molecule has 0 bridgehead atoms. The molecule has 0 saturated heterocycles. The highest BCUT2D eigenvalue weighted by atomic mass is 32.1. The van der Waals surface area contributed by atoms with Crippen LogP contribution in [0.1, 0.15) is 0 Å². The molecule has 1 heterocycles. The molecule has 0 amide bonds. The Bertz CT molecular complexity index is 4510. The third-order valence-electron chi connectivity index (χ3n) is 15.0. The Hall–Kier alpha value is -8.62. The second-order valence-corrected chi connectivity index (χ2v) is 19.6. The van der Waals surface area contributed by atoms with E-state index in [1.54, 1.807) is 0 Å². The molecular formula is C68H40S. The van der Waals surface area contributed by atoms with E-state index in [1.165, 1.54) is 151 Å². The first-order chi connectivity index (χ1) is 34.2. The van der Waals surface area contributed by atoms with Crippen molar-refractivity contribution in [2.75, 3.05) is 0 Å². The first-order valence-corrected chi connectivity index (χ1v) is 24.7. The lowest BCUT2D eigenvalue weighted by molar-refractivity contribution is 1.63. The molecule has 15 aromatic rings.